The Morgan fingerprint density at radius 2 is 2.28 bits per heavy atom. The monoisotopic (exact) mass is 246 g/mol. The second-order valence-corrected chi connectivity index (χ2v) is 4.56. The summed E-state index contributed by atoms with van der Waals surface area (Å²) in [6.45, 7) is 1.85. The number of H-pyrrole nitrogens is 2. The molecule has 0 spiro atoms. The SMILES string of the molecule is Cc1cn[nH]c1NC(=O)c1n[nH]c(C2CC2)c1N. The van der Waals surface area contributed by atoms with Crippen molar-refractivity contribution in [1.29, 1.82) is 0 Å². The summed E-state index contributed by atoms with van der Waals surface area (Å²) in [7, 11) is 0. The average Bonchev–Trinajstić information content (AvgIpc) is 3.00. The Hall–Kier alpha value is -2.31. The van der Waals surface area contributed by atoms with Gasteiger partial charge in [0.05, 0.1) is 17.6 Å². The lowest BCUT2D eigenvalue weighted by Crippen LogP contribution is -2.15. The van der Waals surface area contributed by atoms with Gasteiger partial charge in [-0.1, -0.05) is 0 Å². The maximum Gasteiger partial charge on any atom is 0.279 e. The minimum absolute atomic E-state index is 0.242. The molecule has 5 N–H and O–H groups in total. The molecule has 0 radical (unpaired) electrons. The van der Waals surface area contributed by atoms with E-state index in [4.69, 9.17) is 5.73 Å². The molecular formula is C11H14N6O. The van der Waals surface area contributed by atoms with Gasteiger partial charge in [0.25, 0.3) is 5.91 Å². The molecule has 18 heavy (non-hydrogen) atoms. The maximum absolute atomic E-state index is 12.0. The van der Waals surface area contributed by atoms with Crippen LogP contribution in [0.5, 0.6) is 0 Å². The molecule has 1 saturated carbocycles. The first-order valence-electron chi connectivity index (χ1n) is 5.82. The fourth-order valence-corrected chi connectivity index (χ4v) is 1.87. The van der Waals surface area contributed by atoms with Crippen LogP contribution in [0.3, 0.4) is 0 Å². The van der Waals surface area contributed by atoms with Crippen LogP contribution in [-0.4, -0.2) is 26.3 Å². The second kappa shape index (κ2) is 3.86. The smallest absolute Gasteiger partial charge is 0.279 e. The molecule has 1 amide bonds. The van der Waals surface area contributed by atoms with Crippen molar-refractivity contribution in [1.82, 2.24) is 20.4 Å². The summed E-state index contributed by atoms with van der Waals surface area (Å²) in [4.78, 5) is 12.0. The van der Waals surface area contributed by atoms with Crippen LogP contribution in [-0.2, 0) is 0 Å². The second-order valence-electron chi connectivity index (χ2n) is 4.56. The molecule has 0 atom stereocenters. The van der Waals surface area contributed by atoms with E-state index in [0.717, 1.165) is 24.1 Å². The molecule has 2 aromatic heterocycles. The predicted octanol–water partition coefficient (Wildman–Crippen LogP) is 1.15. The zero-order valence-corrected chi connectivity index (χ0v) is 9.95. The van der Waals surface area contributed by atoms with Crippen molar-refractivity contribution < 1.29 is 4.79 Å². The first-order chi connectivity index (χ1) is 8.66. The minimum Gasteiger partial charge on any atom is -0.395 e. The predicted molar refractivity (Wildman–Crippen MR) is 66.3 cm³/mol. The van der Waals surface area contributed by atoms with E-state index in [2.05, 4.69) is 25.7 Å². The highest BCUT2D eigenvalue weighted by atomic mass is 16.2. The van der Waals surface area contributed by atoms with E-state index >= 15 is 0 Å². The Bertz CT molecular complexity index is 594. The number of carbonyl (C=O) groups is 1. The molecule has 7 heteroatoms. The molecule has 7 nitrogen and oxygen atoms in total. The van der Waals surface area contributed by atoms with Gasteiger partial charge in [-0.2, -0.15) is 10.2 Å². The van der Waals surface area contributed by atoms with E-state index in [1.54, 1.807) is 6.20 Å². The number of nitrogens with one attached hydrogen (secondary N) is 3. The Balaban J connectivity index is 1.82. The highest BCUT2D eigenvalue weighted by Crippen LogP contribution is 2.42. The Kier molecular flexibility index (Phi) is 2.32. The normalized spacial score (nSPS) is 14.7. The molecule has 1 aliphatic carbocycles. The number of anilines is 2. The lowest BCUT2D eigenvalue weighted by molar-refractivity contribution is 0.102. The molecule has 2 aromatic rings. The first kappa shape index (κ1) is 10.8. The van der Waals surface area contributed by atoms with Gasteiger partial charge in [-0.15, -0.1) is 0 Å². The van der Waals surface area contributed by atoms with Gasteiger partial charge in [0.15, 0.2) is 5.69 Å². The number of aryl methyl sites for hydroxylation is 1. The summed E-state index contributed by atoms with van der Waals surface area (Å²) < 4.78 is 0. The van der Waals surface area contributed by atoms with Crippen LogP contribution in [0.4, 0.5) is 11.5 Å². The Morgan fingerprint density at radius 3 is 2.89 bits per heavy atom. The van der Waals surface area contributed by atoms with Crippen molar-refractivity contribution >= 4 is 17.4 Å². The van der Waals surface area contributed by atoms with Gasteiger partial charge >= 0.3 is 0 Å². The molecule has 0 aliphatic heterocycles. The highest BCUT2D eigenvalue weighted by Gasteiger charge is 2.30. The quantitative estimate of drug-likeness (QED) is 0.650. The molecule has 3 rings (SSSR count). The third-order valence-corrected chi connectivity index (χ3v) is 3.10. The van der Waals surface area contributed by atoms with E-state index in [0.29, 0.717) is 17.4 Å². The fourth-order valence-electron chi connectivity index (χ4n) is 1.87. The first-order valence-corrected chi connectivity index (χ1v) is 5.82. The summed E-state index contributed by atoms with van der Waals surface area (Å²) >= 11 is 0. The van der Waals surface area contributed by atoms with E-state index in [1.165, 1.54) is 0 Å². The summed E-state index contributed by atoms with van der Waals surface area (Å²) in [5.41, 5.74) is 8.36. The van der Waals surface area contributed by atoms with Crippen LogP contribution in [0.25, 0.3) is 0 Å². The minimum atomic E-state index is -0.331. The van der Waals surface area contributed by atoms with Crippen molar-refractivity contribution in [3.63, 3.8) is 0 Å². The van der Waals surface area contributed by atoms with Gasteiger partial charge in [-0.25, -0.2) is 0 Å². The number of nitrogens with two attached hydrogens (primary N) is 1. The van der Waals surface area contributed by atoms with Crippen molar-refractivity contribution in [3.05, 3.63) is 23.1 Å². The van der Waals surface area contributed by atoms with Crippen molar-refractivity contribution in [2.75, 3.05) is 11.1 Å². The van der Waals surface area contributed by atoms with Gasteiger partial charge < -0.3 is 11.1 Å². The van der Waals surface area contributed by atoms with E-state index in [9.17, 15) is 4.79 Å². The molecule has 94 valence electrons. The van der Waals surface area contributed by atoms with Crippen LogP contribution in [0.2, 0.25) is 0 Å². The average molecular weight is 246 g/mol. The number of amides is 1. The standard InChI is InChI=1S/C11H14N6O/c1-5-4-13-17-10(5)14-11(18)9-7(12)8(15-16-9)6-2-3-6/h4,6H,2-3,12H2,1H3,(H,15,16)(H2,13,14,17,18). The summed E-state index contributed by atoms with van der Waals surface area (Å²) in [5, 5.41) is 16.1. The maximum atomic E-state index is 12.0. The summed E-state index contributed by atoms with van der Waals surface area (Å²) in [6.07, 6.45) is 3.85. The van der Waals surface area contributed by atoms with Crippen LogP contribution in [0.15, 0.2) is 6.20 Å². The van der Waals surface area contributed by atoms with E-state index in [-0.39, 0.29) is 11.6 Å². The van der Waals surface area contributed by atoms with Gasteiger partial charge in [0.1, 0.15) is 5.82 Å². The topological polar surface area (TPSA) is 112 Å². The molecule has 0 saturated heterocycles. The molecule has 0 aromatic carbocycles. The third kappa shape index (κ3) is 1.73. The number of aromatic amines is 2. The van der Waals surface area contributed by atoms with Gasteiger partial charge in [-0.3, -0.25) is 15.0 Å². The number of nitrogens with zero attached hydrogens (tertiary/aromatic N) is 2. The molecule has 0 unspecified atom stereocenters. The lowest BCUT2D eigenvalue weighted by Gasteiger charge is -2.02. The van der Waals surface area contributed by atoms with E-state index in [1.807, 2.05) is 6.92 Å². The number of aromatic nitrogens is 4. The molecule has 1 fully saturated rings. The van der Waals surface area contributed by atoms with Crippen molar-refractivity contribution in [3.8, 4) is 0 Å². The molecule has 1 aliphatic rings. The molecular weight excluding hydrogens is 232 g/mol. The molecule has 0 bridgehead atoms. The third-order valence-electron chi connectivity index (χ3n) is 3.10. The van der Waals surface area contributed by atoms with Crippen LogP contribution < -0.4 is 11.1 Å². The summed E-state index contributed by atoms with van der Waals surface area (Å²) in [5.74, 6) is 0.673. The van der Waals surface area contributed by atoms with Crippen molar-refractivity contribution in [2.24, 2.45) is 0 Å². The Labute approximate surface area is 103 Å². The Morgan fingerprint density at radius 1 is 1.50 bits per heavy atom. The number of nitrogen functional groups attached to an aromatic ring is 1. The van der Waals surface area contributed by atoms with Gasteiger partial charge in [0, 0.05) is 11.5 Å². The van der Waals surface area contributed by atoms with Gasteiger partial charge in [-0.05, 0) is 19.8 Å². The number of hydrogen-bond donors (Lipinski definition) is 4. The zero-order valence-electron chi connectivity index (χ0n) is 9.95. The van der Waals surface area contributed by atoms with Crippen molar-refractivity contribution in [2.45, 2.75) is 25.7 Å². The fraction of sp³-hybridized carbons (Fsp3) is 0.364. The van der Waals surface area contributed by atoms with Gasteiger partial charge in [0.2, 0.25) is 0 Å². The zero-order chi connectivity index (χ0) is 12.7. The largest absolute Gasteiger partial charge is 0.395 e. The number of carbonyl (C=O) groups excluding carboxylic acids is 1. The highest BCUT2D eigenvalue weighted by molar-refractivity contribution is 6.06. The van der Waals surface area contributed by atoms with Crippen LogP contribution >= 0.6 is 0 Å². The van der Waals surface area contributed by atoms with Crippen LogP contribution in [0, 0.1) is 6.92 Å². The summed E-state index contributed by atoms with van der Waals surface area (Å²) in [6, 6.07) is 0. The van der Waals surface area contributed by atoms with E-state index < -0.39 is 0 Å². The lowest BCUT2D eigenvalue weighted by atomic mass is 10.2. The number of rotatable bonds is 3. The number of hydrogen-bond acceptors (Lipinski definition) is 4. The van der Waals surface area contributed by atoms with Crippen LogP contribution in [0.1, 0.15) is 40.5 Å². The molecule has 2 heterocycles.